The third-order valence-corrected chi connectivity index (χ3v) is 2.77. The first-order valence-corrected chi connectivity index (χ1v) is 5.40. The molecule has 1 aromatic carbocycles. The molecule has 0 aliphatic heterocycles. The van der Waals surface area contributed by atoms with E-state index in [4.69, 9.17) is 0 Å². The third-order valence-electron chi connectivity index (χ3n) is 2.77. The summed E-state index contributed by atoms with van der Waals surface area (Å²) in [5.41, 5.74) is 1.15. The van der Waals surface area contributed by atoms with Crippen LogP contribution in [0.25, 0.3) is 0 Å². The molecule has 0 N–H and O–H groups in total. The predicted octanol–water partition coefficient (Wildman–Crippen LogP) is 2.99. The van der Waals surface area contributed by atoms with Gasteiger partial charge in [-0.25, -0.2) is 0 Å². The maximum Gasteiger partial charge on any atom is 0.137 e. The minimum absolute atomic E-state index is 0.392. The fourth-order valence-electron chi connectivity index (χ4n) is 1.68. The van der Waals surface area contributed by atoms with Crippen molar-refractivity contribution in [3.8, 4) is 0 Å². The molecule has 1 aromatic rings. The number of benzene rings is 1. The maximum atomic E-state index is 11.5. The molecule has 0 radical (unpaired) electrons. The van der Waals surface area contributed by atoms with Gasteiger partial charge in [-0.15, -0.1) is 0 Å². The van der Waals surface area contributed by atoms with Crippen LogP contribution in [0.1, 0.15) is 31.2 Å². The highest BCUT2D eigenvalue weighted by Gasteiger charge is 2.21. The molecule has 1 fully saturated rings. The zero-order valence-corrected chi connectivity index (χ0v) is 8.41. The molecular formula is C13H16O. The van der Waals surface area contributed by atoms with Gasteiger partial charge in [0, 0.05) is 12.8 Å². The number of ketones is 1. The van der Waals surface area contributed by atoms with E-state index in [9.17, 15) is 4.79 Å². The zero-order chi connectivity index (χ0) is 9.80. The summed E-state index contributed by atoms with van der Waals surface area (Å²) >= 11 is 0. The lowest BCUT2D eigenvalue weighted by molar-refractivity contribution is -0.118. The van der Waals surface area contributed by atoms with Gasteiger partial charge in [-0.05, 0) is 17.9 Å². The Morgan fingerprint density at radius 3 is 2.57 bits per heavy atom. The summed E-state index contributed by atoms with van der Waals surface area (Å²) in [5, 5.41) is 0. The largest absolute Gasteiger partial charge is 0.299 e. The van der Waals surface area contributed by atoms with E-state index in [2.05, 4.69) is 0 Å². The Balaban J connectivity index is 1.76. The predicted molar refractivity (Wildman–Crippen MR) is 57.1 cm³/mol. The van der Waals surface area contributed by atoms with Gasteiger partial charge in [0.05, 0.1) is 0 Å². The lowest BCUT2D eigenvalue weighted by Crippen LogP contribution is -2.02. The highest BCUT2D eigenvalue weighted by molar-refractivity contribution is 5.80. The van der Waals surface area contributed by atoms with Gasteiger partial charge in [0.15, 0.2) is 0 Å². The summed E-state index contributed by atoms with van der Waals surface area (Å²) in [4.78, 5) is 11.5. The van der Waals surface area contributed by atoms with Crippen molar-refractivity contribution in [3.63, 3.8) is 0 Å². The van der Waals surface area contributed by atoms with Crippen LogP contribution in [0.4, 0.5) is 0 Å². The van der Waals surface area contributed by atoms with Gasteiger partial charge >= 0.3 is 0 Å². The smallest absolute Gasteiger partial charge is 0.137 e. The molecule has 0 atom stereocenters. The summed E-state index contributed by atoms with van der Waals surface area (Å²) in [6.07, 6.45) is 5.20. The quantitative estimate of drug-likeness (QED) is 0.694. The second-order valence-corrected chi connectivity index (χ2v) is 4.18. The van der Waals surface area contributed by atoms with Crippen molar-refractivity contribution in [1.82, 2.24) is 0 Å². The van der Waals surface area contributed by atoms with Gasteiger partial charge in [-0.2, -0.15) is 0 Å². The van der Waals surface area contributed by atoms with Crippen molar-refractivity contribution in [2.24, 2.45) is 5.92 Å². The first-order valence-electron chi connectivity index (χ1n) is 5.40. The molecule has 0 spiro atoms. The van der Waals surface area contributed by atoms with E-state index in [0.717, 1.165) is 24.3 Å². The van der Waals surface area contributed by atoms with E-state index < -0.39 is 0 Å². The van der Waals surface area contributed by atoms with Gasteiger partial charge < -0.3 is 0 Å². The van der Waals surface area contributed by atoms with Crippen LogP contribution >= 0.6 is 0 Å². The third kappa shape index (κ3) is 2.99. The number of Topliss-reactive ketones (excluding diaryl/α,β-unsaturated/α-hetero) is 1. The van der Waals surface area contributed by atoms with Crippen molar-refractivity contribution < 1.29 is 4.79 Å². The molecule has 1 heteroatoms. The van der Waals surface area contributed by atoms with Crippen molar-refractivity contribution in [2.75, 3.05) is 0 Å². The summed E-state index contributed by atoms with van der Waals surface area (Å²) in [5.74, 6) is 1.26. The fraction of sp³-hybridized carbons (Fsp3) is 0.462. The Morgan fingerprint density at radius 1 is 1.21 bits per heavy atom. The Labute approximate surface area is 85.1 Å². The first-order chi connectivity index (χ1) is 6.84. The molecule has 0 heterocycles. The molecule has 1 aliphatic carbocycles. The van der Waals surface area contributed by atoms with E-state index in [0.29, 0.717) is 12.2 Å². The Bertz CT molecular complexity index is 298. The normalized spacial score (nSPS) is 15.4. The van der Waals surface area contributed by atoms with Crippen LogP contribution in [0.5, 0.6) is 0 Å². The number of rotatable bonds is 5. The Hall–Kier alpha value is -1.11. The standard InChI is InChI=1S/C13H16O/c14-13(9-8-11-6-7-11)10-12-4-2-1-3-5-12/h1-5,11H,6-10H2. The van der Waals surface area contributed by atoms with Crippen LogP contribution in [0, 0.1) is 5.92 Å². The highest BCUT2D eigenvalue weighted by atomic mass is 16.1. The summed E-state index contributed by atoms with van der Waals surface area (Å²) in [6.45, 7) is 0. The lowest BCUT2D eigenvalue weighted by Gasteiger charge is -2.00. The van der Waals surface area contributed by atoms with Crippen LogP contribution in [-0.4, -0.2) is 5.78 Å². The molecule has 14 heavy (non-hydrogen) atoms. The van der Waals surface area contributed by atoms with E-state index in [1.165, 1.54) is 12.8 Å². The van der Waals surface area contributed by atoms with E-state index >= 15 is 0 Å². The minimum Gasteiger partial charge on any atom is -0.299 e. The molecule has 74 valence electrons. The minimum atomic E-state index is 0.392. The van der Waals surface area contributed by atoms with Gasteiger partial charge in [0.1, 0.15) is 5.78 Å². The maximum absolute atomic E-state index is 11.5. The molecule has 0 amide bonds. The molecule has 1 aliphatic rings. The van der Waals surface area contributed by atoms with Gasteiger partial charge in [0.2, 0.25) is 0 Å². The molecule has 1 nitrogen and oxygen atoms in total. The molecule has 0 aromatic heterocycles. The number of carbonyl (C=O) groups is 1. The zero-order valence-electron chi connectivity index (χ0n) is 8.41. The summed E-state index contributed by atoms with van der Waals surface area (Å²) < 4.78 is 0. The molecule has 2 rings (SSSR count). The molecule has 1 saturated carbocycles. The van der Waals surface area contributed by atoms with Crippen molar-refractivity contribution >= 4 is 5.78 Å². The average Bonchev–Trinajstić information content (AvgIpc) is 3.00. The summed E-state index contributed by atoms with van der Waals surface area (Å²) in [6, 6.07) is 10.0. The number of hydrogen-bond donors (Lipinski definition) is 0. The van der Waals surface area contributed by atoms with Crippen LogP contribution in [-0.2, 0) is 11.2 Å². The van der Waals surface area contributed by atoms with Gasteiger partial charge in [0.25, 0.3) is 0 Å². The average molecular weight is 188 g/mol. The Morgan fingerprint density at radius 2 is 1.93 bits per heavy atom. The highest BCUT2D eigenvalue weighted by Crippen LogP contribution is 2.33. The van der Waals surface area contributed by atoms with E-state index in [-0.39, 0.29) is 0 Å². The van der Waals surface area contributed by atoms with Crippen molar-refractivity contribution in [2.45, 2.75) is 32.1 Å². The van der Waals surface area contributed by atoms with E-state index in [1.54, 1.807) is 0 Å². The van der Waals surface area contributed by atoms with Crippen LogP contribution < -0.4 is 0 Å². The second-order valence-electron chi connectivity index (χ2n) is 4.18. The molecule has 0 bridgehead atoms. The van der Waals surface area contributed by atoms with Crippen molar-refractivity contribution in [1.29, 1.82) is 0 Å². The number of hydrogen-bond acceptors (Lipinski definition) is 1. The topological polar surface area (TPSA) is 17.1 Å². The fourth-order valence-corrected chi connectivity index (χ4v) is 1.68. The molecular weight excluding hydrogens is 172 g/mol. The van der Waals surface area contributed by atoms with E-state index in [1.807, 2.05) is 30.3 Å². The second kappa shape index (κ2) is 4.41. The Kier molecular flexibility index (Phi) is 2.97. The van der Waals surface area contributed by atoms with Gasteiger partial charge in [-0.3, -0.25) is 4.79 Å². The van der Waals surface area contributed by atoms with Gasteiger partial charge in [-0.1, -0.05) is 43.2 Å². The van der Waals surface area contributed by atoms with Crippen LogP contribution in [0.15, 0.2) is 30.3 Å². The molecule has 0 saturated heterocycles. The van der Waals surface area contributed by atoms with Crippen LogP contribution in [0.3, 0.4) is 0 Å². The monoisotopic (exact) mass is 188 g/mol. The molecule has 0 unspecified atom stereocenters. The SMILES string of the molecule is O=C(CCC1CC1)Cc1ccccc1. The number of carbonyl (C=O) groups excluding carboxylic acids is 1. The summed E-state index contributed by atoms with van der Waals surface area (Å²) in [7, 11) is 0. The van der Waals surface area contributed by atoms with Crippen molar-refractivity contribution in [3.05, 3.63) is 35.9 Å². The van der Waals surface area contributed by atoms with Crippen LogP contribution in [0.2, 0.25) is 0 Å². The first kappa shape index (κ1) is 9.45. The lowest BCUT2D eigenvalue weighted by atomic mass is 10.0.